The zero-order valence-corrected chi connectivity index (χ0v) is 13.7. The van der Waals surface area contributed by atoms with Crippen molar-refractivity contribution in [3.63, 3.8) is 0 Å². The van der Waals surface area contributed by atoms with Gasteiger partial charge in [-0.25, -0.2) is 0 Å². The minimum atomic E-state index is 0.0641. The number of carbonyl (C=O) groups excluding carboxylic acids is 1. The van der Waals surface area contributed by atoms with Gasteiger partial charge in [0.05, 0.1) is 5.56 Å². The van der Waals surface area contributed by atoms with E-state index < -0.39 is 0 Å². The second-order valence-electron chi connectivity index (χ2n) is 5.65. The number of rotatable bonds is 4. The lowest BCUT2D eigenvalue weighted by Crippen LogP contribution is -2.27. The number of halogens is 1. The molecule has 19 heavy (non-hydrogen) atoms. The summed E-state index contributed by atoms with van der Waals surface area (Å²) < 4.78 is 1.02. The lowest BCUT2D eigenvalue weighted by molar-refractivity contribution is 0.0949. The highest BCUT2D eigenvalue weighted by Gasteiger charge is 2.18. The molecule has 1 aliphatic carbocycles. The zero-order chi connectivity index (χ0) is 13.7. The highest BCUT2D eigenvalue weighted by Crippen LogP contribution is 2.29. The van der Waals surface area contributed by atoms with Crippen LogP contribution in [0.5, 0.6) is 0 Å². The van der Waals surface area contributed by atoms with Crippen molar-refractivity contribution in [1.29, 1.82) is 0 Å². The van der Waals surface area contributed by atoms with Gasteiger partial charge in [0, 0.05) is 10.1 Å². The fourth-order valence-corrected chi connectivity index (χ4v) is 3.38. The van der Waals surface area contributed by atoms with E-state index in [2.05, 4.69) is 34.8 Å². The first-order chi connectivity index (χ1) is 9.16. The normalized spacial score (nSPS) is 23.1. The summed E-state index contributed by atoms with van der Waals surface area (Å²) >= 11 is 2.21. The summed E-state index contributed by atoms with van der Waals surface area (Å²) in [4.78, 5) is 12.0. The molecule has 1 fully saturated rings. The molecule has 0 aliphatic heterocycles. The first-order valence-electron chi connectivity index (χ1n) is 7.19. The van der Waals surface area contributed by atoms with Crippen molar-refractivity contribution >= 4 is 28.5 Å². The van der Waals surface area contributed by atoms with Crippen LogP contribution >= 0.6 is 22.6 Å². The summed E-state index contributed by atoms with van der Waals surface area (Å²) in [6.45, 7) is 3.15. The molecule has 0 unspecified atom stereocenters. The summed E-state index contributed by atoms with van der Waals surface area (Å²) in [5, 5.41) is 3.05. The number of carbonyl (C=O) groups is 1. The summed E-state index contributed by atoms with van der Waals surface area (Å²) in [6, 6.07) is 7.73. The van der Waals surface area contributed by atoms with Gasteiger partial charge in [0.2, 0.25) is 0 Å². The third-order valence-electron chi connectivity index (χ3n) is 4.09. The first kappa shape index (κ1) is 14.8. The topological polar surface area (TPSA) is 29.1 Å². The maximum absolute atomic E-state index is 12.0. The predicted octanol–water partition coefficient (Wildman–Crippen LogP) is 4.24. The number of hydrogen-bond donors (Lipinski definition) is 1. The molecular formula is C16H22INO. The Morgan fingerprint density at radius 3 is 2.63 bits per heavy atom. The van der Waals surface area contributed by atoms with Gasteiger partial charge in [-0.05, 0) is 53.0 Å². The Morgan fingerprint density at radius 1 is 1.26 bits per heavy atom. The zero-order valence-electron chi connectivity index (χ0n) is 11.5. The molecule has 0 radical (unpaired) electrons. The molecular weight excluding hydrogens is 349 g/mol. The van der Waals surface area contributed by atoms with Crippen LogP contribution in [0.2, 0.25) is 0 Å². The van der Waals surface area contributed by atoms with E-state index in [1.807, 2.05) is 24.3 Å². The molecule has 1 saturated carbocycles. The lowest BCUT2D eigenvalue weighted by atomic mass is 9.81. The molecule has 1 amide bonds. The molecule has 1 N–H and O–H groups in total. The molecule has 1 aliphatic rings. The van der Waals surface area contributed by atoms with Gasteiger partial charge in [-0.2, -0.15) is 0 Å². The maximum atomic E-state index is 12.0. The van der Waals surface area contributed by atoms with E-state index in [9.17, 15) is 4.79 Å². The Labute approximate surface area is 129 Å². The molecule has 1 aromatic carbocycles. The van der Waals surface area contributed by atoms with Crippen LogP contribution in [0.3, 0.4) is 0 Å². The van der Waals surface area contributed by atoms with E-state index in [-0.39, 0.29) is 5.91 Å². The average Bonchev–Trinajstić information content (AvgIpc) is 2.41. The summed E-state index contributed by atoms with van der Waals surface area (Å²) in [7, 11) is 0. The number of nitrogens with one attached hydrogen (secondary N) is 1. The molecule has 104 valence electrons. The summed E-state index contributed by atoms with van der Waals surface area (Å²) in [5.74, 6) is 1.78. The molecule has 0 atom stereocenters. The Kier molecular flexibility index (Phi) is 5.67. The van der Waals surface area contributed by atoms with Gasteiger partial charge in [-0.15, -0.1) is 0 Å². The van der Waals surface area contributed by atoms with E-state index in [1.54, 1.807) is 0 Å². The van der Waals surface area contributed by atoms with Crippen molar-refractivity contribution in [2.75, 3.05) is 6.54 Å². The Morgan fingerprint density at radius 2 is 1.95 bits per heavy atom. The minimum absolute atomic E-state index is 0.0641. The quantitative estimate of drug-likeness (QED) is 0.789. The highest BCUT2D eigenvalue weighted by atomic mass is 127. The third-order valence-corrected chi connectivity index (χ3v) is 5.03. The van der Waals surface area contributed by atoms with Crippen LogP contribution in [0.1, 0.15) is 49.4 Å². The summed E-state index contributed by atoms with van der Waals surface area (Å²) in [6.07, 6.45) is 6.51. The van der Waals surface area contributed by atoms with Crippen molar-refractivity contribution < 1.29 is 4.79 Å². The number of amides is 1. The fourth-order valence-electron chi connectivity index (χ4n) is 2.75. The van der Waals surface area contributed by atoms with Crippen LogP contribution in [-0.4, -0.2) is 12.5 Å². The van der Waals surface area contributed by atoms with E-state index in [1.165, 1.54) is 25.7 Å². The largest absolute Gasteiger partial charge is 0.352 e. The monoisotopic (exact) mass is 371 g/mol. The molecule has 0 saturated heterocycles. The van der Waals surface area contributed by atoms with E-state index in [0.717, 1.165) is 33.9 Å². The fraction of sp³-hybridized carbons (Fsp3) is 0.562. The molecule has 0 spiro atoms. The molecule has 2 rings (SSSR count). The number of hydrogen-bond acceptors (Lipinski definition) is 1. The van der Waals surface area contributed by atoms with Gasteiger partial charge >= 0.3 is 0 Å². The summed E-state index contributed by atoms with van der Waals surface area (Å²) in [5.41, 5.74) is 0.792. The van der Waals surface area contributed by atoms with Gasteiger partial charge in [-0.1, -0.05) is 44.7 Å². The maximum Gasteiger partial charge on any atom is 0.252 e. The van der Waals surface area contributed by atoms with Gasteiger partial charge in [-0.3, -0.25) is 4.79 Å². The third kappa shape index (κ3) is 4.48. The van der Waals surface area contributed by atoms with E-state index in [4.69, 9.17) is 0 Å². The molecule has 0 aromatic heterocycles. The van der Waals surface area contributed by atoms with Gasteiger partial charge < -0.3 is 5.32 Å². The standard InChI is InChI=1S/C16H22INO/c1-12-6-8-13(9-7-12)10-11-18-16(19)14-4-2-3-5-15(14)17/h2-5,12-13H,6-11H2,1H3,(H,18,19). The van der Waals surface area contributed by atoms with Gasteiger partial charge in [0.25, 0.3) is 5.91 Å². The van der Waals surface area contributed by atoms with Crippen LogP contribution < -0.4 is 5.32 Å². The van der Waals surface area contributed by atoms with Crippen LogP contribution in [0.4, 0.5) is 0 Å². The Balaban J connectivity index is 1.74. The van der Waals surface area contributed by atoms with Gasteiger partial charge in [0.15, 0.2) is 0 Å². The molecule has 2 nitrogen and oxygen atoms in total. The molecule has 0 heterocycles. The van der Waals surface area contributed by atoms with Crippen molar-refractivity contribution in [3.8, 4) is 0 Å². The van der Waals surface area contributed by atoms with Crippen molar-refractivity contribution in [3.05, 3.63) is 33.4 Å². The Hall–Kier alpha value is -0.580. The van der Waals surface area contributed by atoms with Crippen molar-refractivity contribution in [1.82, 2.24) is 5.32 Å². The Bertz CT molecular complexity index is 425. The van der Waals surface area contributed by atoms with Crippen LogP contribution in [0.15, 0.2) is 24.3 Å². The number of benzene rings is 1. The predicted molar refractivity (Wildman–Crippen MR) is 87.2 cm³/mol. The first-order valence-corrected chi connectivity index (χ1v) is 8.27. The van der Waals surface area contributed by atoms with Crippen LogP contribution in [-0.2, 0) is 0 Å². The SMILES string of the molecule is CC1CCC(CCNC(=O)c2ccccc2I)CC1. The van der Waals surface area contributed by atoms with Crippen molar-refractivity contribution in [2.24, 2.45) is 11.8 Å². The average molecular weight is 371 g/mol. The van der Waals surface area contributed by atoms with Crippen LogP contribution in [0.25, 0.3) is 0 Å². The van der Waals surface area contributed by atoms with Crippen molar-refractivity contribution in [2.45, 2.75) is 39.0 Å². The van der Waals surface area contributed by atoms with Crippen LogP contribution in [0, 0.1) is 15.4 Å². The minimum Gasteiger partial charge on any atom is -0.352 e. The molecule has 0 bridgehead atoms. The van der Waals surface area contributed by atoms with Gasteiger partial charge in [0.1, 0.15) is 0 Å². The molecule has 3 heteroatoms. The van der Waals surface area contributed by atoms with E-state index >= 15 is 0 Å². The lowest BCUT2D eigenvalue weighted by Gasteiger charge is -2.26. The second-order valence-corrected chi connectivity index (χ2v) is 6.81. The smallest absolute Gasteiger partial charge is 0.252 e. The highest BCUT2D eigenvalue weighted by molar-refractivity contribution is 14.1. The van der Waals surface area contributed by atoms with E-state index in [0.29, 0.717) is 0 Å². The second kappa shape index (κ2) is 7.27. The molecule has 1 aromatic rings.